The Morgan fingerprint density at radius 3 is 2.53 bits per heavy atom. The Balaban J connectivity index is 2.62. The highest BCUT2D eigenvalue weighted by molar-refractivity contribution is 6.29. The lowest BCUT2D eigenvalue weighted by molar-refractivity contribution is -0.125. The molecule has 0 saturated carbocycles. The lowest BCUT2D eigenvalue weighted by Gasteiger charge is -2.20. The molecule has 0 aliphatic carbocycles. The predicted molar refractivity (Wildman–Crippen MR) is 62.4 cm³/mol. The zero-order valence-corrected chi connectivity index (χ0v) is 10.3. The average Bonchev–Trinajstić information content (AvgIpc) is 2.27. The first kappa shape index (κ1) is 13.4. The zero-order valence-electron chi connectivity index (χ0n) is 9.53. The van der Waals surface area contributed by atoms with Crippen LogP contribution in [0, 0.1) is 5.41 Å². The fourth-order valence-corrected chi connectivity index (χ4v) is 1.01. The van der Waals surface area contributed by atoms with Crippen molar-refractivity contribution in [3.63, 3.8) is 0 Å². The molecule has 92 valence electrons. The summed E-state index contributed by atoms with van der Waals surface area (Å²) in [6.45, 7) is 3.41. The van der Waals surface area contributed by atoms with Crippen molar-refractivity contribution < 1.29 is 9.59 Å². The van der Waals surface area contributed by atoms with Gasteiger partial charge in [0, 0.05) is 6.54 Å². The second kappa shape index (κ2) is 5.09. The molecule has 2 amide bonds. The molecular formula is C10H13ClN4O2. The number of rotatable bonds is 4. The normalized spacial score (nSPS) is 11.0. The summed E-state index contributed by atoms with van der Waals surface area (Å²) in [6.07, 6.45) is 2.53. The molecule has 0 fully saturated rings. The van der Waals surface area contributed by atoms with Gasteiger partial charge >= 0.3 is 0 Å². The van der Waals surface area contributed by atoms with E-state index in [1.807, 2.05) is 0 Å². The second-order valence-electron chi connectivity index (χ2n) is 4.16. The quantitative estimate of drug-likeness (QED) is 0.813. The van der Waals surface area contributed by atoms with E-state index < -0.39 is 17.2 Å². The second-order valence-corrected chi connectivity index (χ2v) is 4.54. The molecule has 0 unspecified atom stereocenters. The summed E-state index contributed by atoms with van der Waals surface area (Å²) in [7, 11) is 0. The van der Waals surface area contributed by atoms with Crippen molar-refractivity contribution in [2.24, 2.45) is 11.1 Å². The number of halogens is 1. The van der Waals surface area contributed by atoms with Gasteiger partial charge in [0.25, 0.3) is 5.91 Å². The largest absolute Gasteiger partial charge is 0.369 e. The molecule has 1 heterocycles. The van der Waals surface area contributed by atoms with Crippen LogP contribution in [0.3, 0.4) is 0 Å². The molecule has 0 spiro atoms. The van der Waals surface area contributed by atoms with E-state index in [9.17, 15) is 9.59 Å². The van der Waals surface area contributed by atoms with Crippen molar-refractivity contribution in [3.8, 4) is 0 Å². The minimum Gasteiger partial charge on any atom is -0.369 e. The highest BCUT2D eigenvalue weighted by Crippen LogP contribution is 2.12. The van der Waals surface area contributed by atoms with Gasteiger partial charge in [-0.05, 0) is 13.8 Å². The van der Waals surface area contributed by atoms with Crippen molar-refractivity contribution in [1.29, 1.82) is 0 Å². The summed E-state index contributed by atoms with van der Waals surface area (Å²) in [5.74, 6) is -0.913. The summed E-state index contributed by atoms with van der Waals surface area (Å²) in [5, 5.41) is 2.76. The summed E-state index contributed by atoms with van der Waals surface area (Å²) < 4.78 is 0. The summed E-state index contributed by atoms with van der Waals surface area (Å²) in [6, 6.07) is 0. The van der Waals surface area contributed by atoms with E-state index in [1.165, 1.54) is 12.4 Å². The molecule has 1 aromatic rings. The minimum absolute atomic E-state index is 0.130. The Kier molecular flexibility index (Phi) is 4.01. The van der Waals surface area contributed by atoms with Crippen LogP contribution in [-0.4, -0.2) is 28.3 Å². The first-order valence-corrected chi connectivity index (χ1v) is 5.26. The van der Waals surface area contributed by atoms with E-state index in [1.54, 1.807) is 13.8 Å². The molecule has 1 rings (SSSR count). The predicted octanol–water partition coefficient (Wildman–Crippen LogP) is 0.371. The van der Waals surface area contributed by atoms with E-state index in [0.29, 0.717) is 0 Å². The molecule has 7 heteroatoms. The van der Waals surface area contributed by atoms with Crippen LogP contribution < -0.4 is 11.1 Å². The third-order valence-electron chi connectivity index (χ3n) is 2.21. The van der Waals surface area contributed by atoms with Gasteiger partial charge in [-0.25, -0.2) is 9.97 Å². The molecular weight excluding hydrogens is 244 g/mol. The van der Waals surface area contributed by atoms with Gasteiger partial charge in [-0.15, -0.1) is 0 Å². The molecule has 1 aromatic heterocycles. The summed E-state index contributed by atoms with van der Waals surface area (Å²) >= 11 is 5.54. The smallest absolute Gasteiger partial charge is 0.271 e. The SMILES string of the molecule is CC(C)(CNC(=O)c1cnc(Cl)cn1)C(N)=O. The number of hydrogen-bond donors (Lipinski definition) is 2. The Morgan fingerprint density at radius 1 is 1.41 bits per heavy atom. The van der Waals surface area contributed by atoms with Gasteiger partial charge in [-0.3, -0.25) is 9.59 Å². The van der Waals surface area contributed by atoms with Crippen LogP contribution in [-0.2, 0) is 4.79 Å². The molecule has 0 bridgehead atoms. The number of nitrogens with zero attached hydrogens (tertiary/aromatic N) is 2. The van der Waals surface area contributed by atoms with Crippen LogP contribution in [0.1, 0.15) is 24.3 Å². The lowest BCUT2D eigenvalue weighted by atomic mass is 9.93. The number of carbonyl (C=O) groups excluding carboxylic acids is 2. The van der Waals surface area contributed by atoms with Crippen LogP contribution in [0.15, 0.2) is 12.4 Å². The highest BCUT2D eigenvalue weighted by Gasteiger charge is 2.25. The number of hydrogen-bond acceptors (Lipinski definition) is 4. The fourth-order valence-electron chi connectivity index (χ4n) is 0.908. The molecule has 0 aliphatic rings. The first-order chi connectivity index (χ1) is 7.83. The van der Waals surface area contributed by atoms with Crippen molar-refractivity contribution in [2.45, 2.75) is 13.8 Å². The van der Waals surface area contributed by atoms with Gasteiger partial charge in [0.2, 0.25) is 5.91 Å². The Hall–Kier alpha value is -1.69. The maximum Gasteiger partial charge on any atom is 0.271 e. The summed E-state index contributed by atoms with van der Waals surface area (Å²) in [5.41, 5.74) is 4.50. The number of carbonyl (C=O) groups is 2. The number of nitrogens with two attached hydrogens (primary N) is 1. The van der Waals surface area contributed by atoms with Gasteiger partial charge < -0.3 is 11.1 Å². The standard InChI is InChI=1S/C10H13ClN4O2/c1-10(2,9(12)17)5-15-8(16)6-3-14-7(11)4-13-6/h3-4H,5H2,1-2H3,(H2,12,17)(H,15,16). The van der Waals surface area contributed by atoms with Gasteiger partial charge in [-0.2, -0.15) is 0 Å². The van der Waals surface area contributed by atoms with Crippen molar-refractivity contribution in [1.82, 2.24) is 15.3 Å². The maximum absolute atomic E-state index is 11.6. The number of primary amides is 1. The topological polar surface area (TPSA) is 98.0 Å². The Bertz CT molecular complexity index is 430. The molecule has 3 N–H and O–H groups in total. The molecule has 6 nitrogen and oxygen atoms in total. The third kappa shape index (κ3) is 3.67. The van der Waals surface area contributed by atoms with Crippen LogP contribution in [0.4, 0.5) is 0 Å². The fraction of sp³-hybridized carbons (Fsp3) is 0.400. The molecule has 0 atom stereocenters. The minimum atomic E-state index is -0.810. The van der Waals surface area contributed by atoms with Gasteiger partial charge in [-0.1, -0.05) is 11.6 Å². The molecule has 0 saturated heterocycles. The molecule has 0 radical (unpaired) electrons. The first-order valence-electron chi connectivity index (χ1n) is 4.88. The van der Waals surface area contributed by atoms with E-state index >= 15 is 0 Å². The Morgan fingerprint density at radius 2 is 2.06 bits per heavy atom. The summed E-state index contributed by atoms with van der Waals surface area (Å²) in [4.78, 5) is 30.2. The van der Waals surface area contributed by atoms with Crippen molar-refractivity contribution in [3.05, 3.63) is 23.2 Å². The zero-order chi connectivity index (χ0) is 13.1. The van der Waals surface area contributed by atoms with Crippen LogP contribution in [0.2, 0.25) is 5.15 Å². The number of amides is 2. The third-order valence-corrected chi connectivity index (χ3v) is 2.41. The average molecular weight is 257 g/mol. The van der Waals surface area contributed by atoms with Crippen LogP contribution >= 0.6 is 11.6 Å². The molecule has 0 aromatic carbocycles. The molecule has 0 aliphatic heterocycles. The van der Waals surface area contributed by atoms with Crippen molar-refractivity contribution >= 4 is 23.4 Å². The highest BCUT2D eigenvalue weighted by atomic mass is 35.5. The van der Waals surface area contributed by atoms with Crippen LogP contribution in [0.25, 0.3) is 0 Å². The van der Waals surface area contributed by atoms with Crippen molar-refractivity contribution in [2.75, 3.05) is 6.54 Å². The van der Waals surface area contributed by atoms with E-state index in [0.717, 1.165) is 0 Å². The van der Waals surface area contributed by atoms with Gasteiger partial charge in [0.05, 0.1) is 17.8 Å². The van der Waals surface area contributed by atoms with E-state index in [4.69, 9.17) is 17.3 Å². The van der Waals surface area contributed by atoms with Gasteiger partial charge in [0.15, 0.2) is 0 Å². The number of aromatic nitrogens is 2. The monoisotopic (exact) mass is 256 g/mol. The van der Waals surface area contributed by atoms with E-state index in [-0.39, 0.29) is 17.4 Å². The maximum atomic E-state index is 11.6. The van der Waals surface area contributed by atoms with E-state index in [2.05, 4.69) is 15.3 Å². The number of nitrogens with one attached hydrogen (secondary N) is 1. The molecule has 17 heavy (non-hydrogen) atoms. The lowest BCUT2D eigenvalue weighted by Crippen LogP contribution is -2.42. The Labute approximate surface area is 104 Å². The van der Waals surface area contributed by atoms with Gasteiger partial charge in [0.1, 0.15) is 10.8 Å². The van der Waals surface area contributed by atoms with Crippen LogP contribution in [0.5, 0.6) is 0 Å².